The molecule has 4 nitrogen and oxygen atoms in total. The van der Waals surface area contributed by atoms with E-state index in [4.69, 9.17) is 10.3 Å². The van der Waals surface area contributed by atoms with E-state index in [1.807, 2.05) is 30.5 Å². The predicted molar refractivity (Wildman–Crippen MR) is 70.1 cm³/mol. The Labute approximate surface area is 106 Å². The first-order valence-corrected chi connectivity index (χ1v) is 6.67. The van der Waals surface area contributed by atoms with Crippen LogP contribution in [-0.4, -0.2) is 10.1 Å². The molecule has 0 saturated carbocycles. The number of thiazole rings is 1. The number of nitrogen functional groups attached to an aromatic ring is 1. The van der Waals surface area contributed by atoms with Crippen LogP contribution >= 0.6 is 22.7 Å². The van der Waals surface area contributed by atoms with Gasteiger partial charge in [0.25, 0.3) is 0 Å². The first-order chi connectivity index (χ1) is 8.24. The SMILES string of the molecule is Cc1cc(-c2sc(N)nc2-c2cccs2)on1. The van der Waals surface area contributed by atoms with Crippen molar-refractivity contribution in [1.29, 1.82) is 0 Å². The molecule has 0 aliphatic heterocycles. The lowest BCUT2D eigenvalue weighted by molar-refractivity contribution is 0.428. The summed E-state index contributed by atoms with van der Waals surface area (Å²) in [5.41, 5.74) is 7.50. The Morgan fingerprint density at radius 1 is 1.41 bits per heavy atom. The maximum atomic E-state index is 5.78. The Kier molecular flexibility index (Phi) is 2.45. The molecule has 3 heterocycles. The van der Waals surface area contributed by atoms with Gasteiger partial charge in [0.1, 0.15) is 10.6 Å². The van der Waals surface area contributed by atoms with Gasteiger partial charge in [0.2, 0.25) is 0 Å². The molecule has 0 aliphatic carbocycles. The van der Waals surface area contributed by atoms with Crippen LogP contribution in [0.5, 0.6) is 0 Å². The van der Waals surface area contributed by atoms with E-state index in [2.05, 4.69) is 10.1 Å². The third-order valence-corrected chi connectivity index (χ3v) is 4.03. The number of nitrogens with zero attached hydrogens (tertiary/aromatic N) is 2. The van der Waals surface area contributed by atoms with Crippen LogP contribution in [0.4, 0.5) is 5.13 Å². The molecule has 0 unspecified atom stereocenters. The quantitative estimate of drug-likeness (QED) is 0.769. The monoisotopic (exact) mass is 263 g/mol. The summed E-state index contributed by atoms with van der Waals surface area (Å²) < 4.78 is 5.27. The fourth-order valence-electron chi connectivity index (χ4n) is 1.55. The van der Waals surface area contributed by atoms with Crippen LogP contribution < -0.4 is 5.73 Å². The lowest BCUT2D eigenvalue weighted by atomic mass is 10.2. The molecular formula is C11H9N3OS2. The van der Waals surface area contributed by atoms with Gasteiger partial charge in [-0.2, -0.15) is 0 Å². The summed E-state index contributed by atoms with van der Waals surface area (Å²) >= 11 is 3.05. The molecule has 0 fully saturated rings. The molecule has 3 aromatic rings. The van der Waals surface area contributed by atoms with Gasteiger partial charge in [0, 0.05) is 6.07 Å². The zero-order valence-corrected chi connectivity index (χ0v) is 10.6. The molecule has 3 aromatic heterocycles. The van der Waals surface area contributed by atoms with E-state index in [1.54, 1.807) is 11.3 Å². The topological polar surface area (TPSA) is 64.9 Å². The Bertz CT molecular complexity index is 640. The number of hydrogen-bond donors (Lipinski definition) is 1. The normalized spacial score (nSPS) is 10.9. The van der Waals surface area contributed by atoms with E-state index >= 15 is 0 Å². The van der Waals surface area contributed by atoms with Gasteiger partial charge in [-0.25, -0.2) is 4.98 Å². The molecule has 17 heavy (non-hydrogen) atoms. The standard InChI is InChI=1S/C11H9N3OS2/c1-6-5-7(15-14-6)10-9(13-11(12)17-10)8-3-2-4-16-8/h2-5H,1H3,(H2,12,13). The molecule has 0 saturated heterocycles. The minimum atomic E-state index is 0.539. The summed E-state index contributed by atoms with van der Waals surface area (Å²) in [4.78, 5) is 6.38. The van der Waals surface area contributed by atoms with E-state index < -0.39 is 0 Å². The van der Waals surface area contributed by atoms with E-state index in [-0.39, 0.29) is 0 Å². The number of aromatic nitrogens is 2. The lowest BCUT2D eigenvalue weighted by Crippen LogP contribution is -1.81. The van der Waals surface area contributed by atoms with Crippen molar-refractivity contribution in [2.45, 2.75) is 6.92 Å². The van der Waals surface area contributed by atoms with Crippen LogP contribution in [0.2, 0.25) is 0 Å². The zero-order chi connectivity index (χ0) is 11.8. The smallest absolute Gasteiger partial charge is 0.181 e. The van der Waals surface area contributed by atoms with Crippen molar-refractivity contribution < 1.29 is 4.52 Å². The number of hydrogen-bond acceptors (Lipinski definition) is 6. The molecule has 0 amide bonds. The second-order valence-electron chi connectivity index (χ2n) is 3.54. The van der Waals surface area contributed by atoms with E-state index in [1.165, 1.54) is 11.3 Å². The second-order valence-corrected chi connectivity index (χ2v) is 5.52. The van der Waals surface area contributed by atoms with E-state index in [9.17, 15) is 0 Å². The van der Waals surface area contributed by atoms with Gasteiger partial charge in [-0.3, -0.25) is 0 Å². The molecule has 0 aliphatic rings. The van der Waals surface area contributed by atoms with Gasteiger partial charge in [-0.05, 0) is 18.4 Å². The van der Waals surface area contributed by atoms with Gasteiger partial charge < -0.3 is 10.3 Å². The van der Waals surface area contributed by atoms with Crippen LogP contribution in [0.25, 0.3) is 21.2 Å². The molecular weight excluding hydrogens is 254 g/mol. The summed E-state index contributed by atoms with van der Waals surface area (Å²) in [6, 6.07) is 5.90. The van der Waals surface area contributed by atoms with Crippen molar-refractivity contribution in [3.05, 3.63) is 29.3 Å². The summed E-state index contributed by atoms with van der Waals surface area (Å²) in [6.45, 7) is 1.89. The summed E-state index contributed by atoms with van der Waals surface area (Å²) in [5, 5.41) is 6.44. The molecule has 0 spiro atoms. The number of anilines is 1. The van der Waals surface area contributed by atoms with Crippen LogP contribution in [0.3, 0.4) is 0 Å². The van der Waals surface area contributed by atoms with Gasteiger partial charge in [-0.15, -0.1) is 11.3 Å². The molecule has 0 atom stereocenters. The number of nitrogens with two attached hydrogens (primary N) is 1. The third kappa shape index (κ3) is 1.85. The molecule has 3 rings (SSSR count). The molecule has 6 heteroatoms. The zero-order valence-electron chi connectivity index (χ0n) is 9.01. The fraction of sp³-hybridized carbons (Fsp3) is 0.0909. The van der Waals surface area contributed by atoms with Crippen molar-refractivity contribution in [1.82, 2.24) is 10.1 Å². The van der Waals surface area contributed by atoms with Gasteiger partial charge in [0.05, 0.1) is 10.6 Å². The van der Waals surface area contributed by atoms with Crippen molar-refractivity contribution in [3.8, 4) is 21.2 Å². The van der Waals surface area contributed by atoms with Crippen molar-refractivity contribution in [3.63, 3.8) is 0 Å². The van der Waals surface area contributed by atoms with Crippen molar-refractivity contribution in [2.24, 2.45) is 0 Å². The largest absolute Gasteiger partial charge is 0.375 e. The van der Waals surface area contributed by atoms with E-state index in [0.29, 0.717) is 5.13 Å². The minimum Gasteiger partial charge on any atom is -0.375 e. The van der Waals surface area contributed by atoms with Crippen LogP contribution in [0.15, 0.2) is 28.1 Å². The fourth-order valence-corrected chi connectivity index (χ4v) is 3.13. The summed E-state index contributed by atoms with van der Waals surface area (Å²) in [6.07, 6.45) is 0. The molecule has 0 radical (unpaired) electrons. The molecule has 0 bridgehead atoms. The Morgan fingerprint density at radius 3 is 2.94 bits per heavy atom. The number of aryl methyl sites for hydroxylation is 1. The molecule has 86 valence electrons. The second kappa shape index (κ2) is 3.97. The van der Waals surface area contributed by atoms with Gasteiger partial charge in [-0.1, -0.05) is 22.6 Å². The van der Waals surface area contributed by atoms with Crippen LogP contribution in [-0.2, 0) is 0 Å². The Balaban J connectivity index is 2.17. The maximum absolute atomic E-state index is 5.78. The lowest BCUT2D eigenvalue weighted by Gasteiger charge is -1.93. The average Bonchev–Trinajstić information content (AvgIpc) is 2.96. The highest BCUT2D eigenvalue weighted by Crippen LogP contribution is 2.39. The first-order valence-electron chi connectivity index (χ1n) is 4.98. The van der Waals surface area contributed by atoms with Crippen molar-refractivity contribution >= 4 is 27.8 Å². The van der Waals surface area contributed by atoms with Crippen molar-refractivity contribution in [2.75, 3.05) is 5.73 Å². The molecule has 0 aromatic carbocycles. The predicted octanol–water partition coefficient (Wildman–Crippen LogP) is 3.42. The third-order valence-electron chi connectivity index (χ3n) is 2.25. The van der Waals surface area contributed by atoms with Gasteiger partial charge >= 0.3 is 0 Å². The van der Waals surface area contributed by atoms with Crippen LogP contribution in [0, 0.1) is 6.92 Å². The Morgan fingerprint density at radius 2 is 2.29 bits per heavy atom. The first kappa shape index (κ1) is 10.5. The average molecular weight is 263 g/mol. The summed E-state index contributed by atoms with van der Waals surface area (Å²) in [7, 11) is 0. The Hall–Kier alpha value is -1.66. The van der Waals surface area contributed by atoms with E-state index in [0.717, 1.165) is 26.9 Å². The van der Waals surface area contributed by atoms with Gasteiger partial charge in [0.15, 0.2) is 10.9 Å². The summed E-state index contributed by atoms with van der Waals surface area (Å²) in [5.74, 6) is 0.722. The molecule has 2 N–H and O–H groups in total. The number of rotatable bonds is 2. The highest BCUT2D eigenvalue weighted by molar-refractivity contribution is 7.20. The highest BCUT2D eigenvalue weighted by atomic mass is 32.1. The number of thiophene rings is 1. The van der Waals surface area contributed by atoms with Crippen LogP contribution in [0.1, 0.15) is 5.69 Å². The highest BCUT2D eigenvalue weighted by Gasteiger charge is 2.17. The maximum Gasteiger partial charge on any atom is 0.181 e. The minimum absolute atomic E-state index is 0.539.